The molecule has 9 aromatic carbocycles. The van der Waals surface area contributed by atoms with Gasteiger partial charge in [-0.15, -0.1) is 21.9 Å². The summed E-state index contributed by atoms with van der Waals surface area (Å²) >= 11 is 0. The summed E-state index contributed by atoms with van der Waals surface area (Å²) in [4.78, 5) is 0. The van der Waals surface area contributed by atoms with Crippen LogP contribution < -0.4 is 26.4 Å². The zero-order valence-electron chi connectivity index (χ0n) is 37.3. The summed E-state index contributed by atoms with van der Waals surface area (Å²) in [5.41, 5.74) is -10.4. The van der Waals surface area contributed by atoms with Crippen LogP contribution in [0.15, 0.2) is 121 Å². The molecule has 0 aliphatic carbocycles. The molecule has 1 heterocycles. The molecule has 0 fully saturated rings. The van der Waals surface area contributed by atoms with Crippen molar-refractivity contribution in [2.45, 2.75) is 6.54 Å². The molecule has 76 heavy (non-hydrogen) atoms. The SMILES string of the molecule is Fc1c(F)c(F)c([B-](c2c(F)c(F)c(F)c(F)c2F)(c2c(F)c(F)c(F)c(F)c2F)c2c(F)c(F)c(F)c(F)c2F)c(F)c1F.c1ccc(C[n+]2ccc3ccccc3c2-c2c3ccccc3cc3ccccc23)cc1. The normalized spacial score (nSPS) is 11.7. The third-order valence-corrected chi connectivity index (χ3v) is 12.8. The van der Waals surface area contributed by atoms with Gasteiger partial charge in [0, 0.05) is 11.6 Å². The maximum atomic E-state index is 15.4. The van der Waals surface area contributed by atoms with E-state index in [0.29, 0.717) is 0 Å². The minimum atomic E-state index is -7.22. The first-order valence-corrected chi connectivity index (χ1v) is 21.7. The van der Waals surface area contributed by atoms with Gasteiger partial charge in [-0.1, -0.05) is 97.1 Å². The Balaban J connectivity index is 0.000000197. The highest BCUT2D eigenvalue weighted by molar-refractivity contribution is 7.20. The van der Waals surface area contributed by atoms with Crippen molar-refractivity contribution in [2.24, 2.45) is 0 Å². The van der Waals surface area contributed by atoms with Gasteiger partial charge in [0.05, 0.1) is 10.9 Å². The summed E-state index contributed by atoms with van der Waals surface area (Å²) in [6.45, 7) is 0.832. The van der Waals surface area contributed by atoms with E-state index in [4.69, 9.17) is 0 Å². The smallest absolute Gasteiger partial charge is 0.207 e. The van der Waals surface area contributed by atoms with Crippen molar-refractivity contribution < 1.29 is 92.4 Å². The average molecular weight is 1080 g/mol. The van der Waals surface area contributed by atoms with Gasteiger partial charge in [-0.2, -0.15) is 4.57 Å². The van der Waals surface area contributed by atoms with Gasteiger partial charge in [-0.3, -0.25) is 0 Å². The molecule has 1 nitrogen and oxygen atoms in total. The molecule has 386 valence electrons. The topological polar surface area (TPSA) is 3.88 Å². The van der Waals surface area contributed by atoms with Gasteiger partial charge >= 0.3 is 0 Å². The fourth-order valence-electron chi connectivity index (χ4n) is 9.59. The van der Waals surface area contributed by atoms with Crippen molar-refractivity contribution in [3.05, 3.63) is 243 Å². The molecular weight excluding hydrogens is 1050 g/mol. The van der Waals surface area contributed by atoms with Crippen molar-refractivity contribution >= 4 is 60.3 Å². The fourth-order valence-corrected chi connectivity index (χ4v) is 9.59. The Hall–Kier alpha value is -8.43. The number of pyridine rings is 1. The van der Waals surface area contributed by atoms with Gasteiger partial charge in [0.25, 0.3) is 0 Å². The van der Waals surface area contributed by atoms with Crippen LogP contribution in [0.25, 0.3) is 43.6 Å². The second kappa shape index (κ2) is 19.7. The molecule has 0 aliphatic rings. The Kier molecular flexibility index (Phi) is 13.6. The lowest BCUT2D eigenvalue weighted by molar-refractivity contribution is -0.676. The van der Waals surface area contributed by atoms with Crippen LogP contribution in [-0.2, 0) is 6.54 Å². The molecule has 0 saturated heterocycles. The standard InChI is InChI=1S/C30H22N.C24BF20/c1-2-10-22(11-3-1)21-31-19-18-23-12-4-9-17-28(23)30(31)29-26-15-7-5-13-24(26)20-25-14-6-8-16-27(25)29;26-5-1(6(27)14(35)21(42)13(5)34)25(2-7(28)15(36)22(43)16(37)8(2)29,3-9(30)17(38)23(44)18(39)10(3)31)4-11(32)19(40)24(45)20(41)12(4)33/h1-20H,21H2;/q+1;-1. The summed E-state index contributed by atoms with van der Waals surface area (Å²) in [6.07, 6.45) is -4.98. The van der Waals surface area contributed by atoms with Gasteiger partial charge in [0.15, 0.2) is 82.5 Å². The monoisotopic (exact) mass is 1080 g/mol. The highest BCUT2D eigenvalue weighted by Crippen LogP contribution is 2.38. The van der Waals surface area contributed by atoms with E-state index in [0.717, 1.165) is 6.54 Å². The minimum absolute atomic E-state index is 0.832. The van der Waals surface area contributed by atoms with E-state index in [1.165, 1.54) is 49.1 Å². The largest absolute Gasteiger partial charge is 0.221 e. The second-order valence-electron chi connectivity index (χ2n) is 16.9. The van der Waals surface area contributed by atoms with Crippen LogP contribution >= 0.6 is 0 Å². The van der Waals surface area contributed by atoms with Crippen LogP contribution in [0, 0.1) is 116 Å². The van der Waals surface area contributed by atoms with Crippen molar-refractivity contribution in [2.75, 3.05) is 0 Å². The number of hydrogen-bond acceptors (Lipinski definition) is 0. The summed E-state index contributed by atoms with van der Waals surface area (Å²) in [5, 5.41) is 7.67. The Morgan fingerprint density at radius 3 is 0.895 bits per heavy atom. The lowest BCUT2D eigenvalue weighted by Crippen LogP contribution is -2.81. The Morgan fingerprint density at radius 1 is 0.276 bits per heavy atom. The first-order chi connectivity index (χ1) is 36.1. The van der Waals surface area contributed by atoms with E-state index in [1.807, 2.05) is 0 Å². The van der Waals surface area contributed by atoms with Crippen molar-refractivity contribution in [1.82, 2.24) is 0 Å². The number of hydrogen-bond donors (Lipinski definition) is 0. The molecule has 0 unspecified atom stereocenters. The van der Waals surface area contributed by atoms with Gasteiger partial charge in [-0.25, -0.2) is 87.8 Å². The third-order valence-electron chi connectivity index (χ3n) is 12.8. The molecule has 0 atom stereocenters. The van der Waals surface area contributed by atoms with Gasteiger partial charge in [-0.05, 0) is 39.1 Å². The highest BCUT2D eigenvalue weighted by atomic mass is 19.2. The van der Waals surface area contributed by atoms with Crippen LogP contribution in [0.4, 0.5) is 87.8 Å². The van der Waals surface area contributed by atoms with Crippen LogP contribution in [0.2, 0.25) is 0 Å². The molecule has 1 aromatic heterocycles. The van der Waals surface area contributed by atoms with Gasteiger partial charge in [0.1, 0.15) is 52.7 Å². The van der Waals surface area contributed by atoms with Crippen molar-refractivity contribution in [3.8, 4) is 11.3 Å². The van der Waals surface area contributed by atoms with E-state index in [1.54, 1.807) is 0 Å². The molecule has 10 rings (SSSR count). The minimum Gasteiger partial charge on any atom is -0.207 e. The first-order valence-electron chi connectivity index (χ1n) is 21.7. The molecule has 0 radical (unpaired) electrons. The Labute approximate surface area is 413 Å². The van der Waals surface area contributed by atoms with E-state index in [2.05, 4.69) is 126 Å². The van der Waals surface area contributed by atoms with Crippen LogP contribution in [0.3, 0.4) is 0 Å². The predicted molar refractivity (Wildman–Crippen MR) is 239 cm³/mol. The second-order valence-corrected chi connectivity index (χ2v) is 16.9. The maximum Gasteiger partial charge on any atom is 0.221 e. The zero-order valence-corrected chi connectivity index (χ0v) is 37.3. The van der Waals surface area contributed by atoms with Gasteiger partial charge < -0.3 is 0 Å². The van der Waals surface area contributed by atoms with E-state index < -0.39 is 144 Å². The molecule has 0 N–H and O–H groups in total. The van der Waals surface area contributed by atoms with E-state index in [-0.39, 0.29) is 0 Å². The molecule has 10 aromatic rings. The quantitative estimate of drug-likeness (QED) is 0.0374. The summed E-state index contributed by atoms with van der Waals surface area (Å²) in [7, 11) is 0. The Bertz CT molecular complexity index is 3600. The summed E-state index contributed by atoms with van der Waals surface area (Å²) in [5.74, 6) is -71.4. The predicted octanol–water partition coefficient (Wildman–Crippen LogP) is 13.0. The third kappa shape index (κ3) is 7.94. The maximum absolute atomic E-state index is 15.4. The van der Waals surface area contributed by atoms with Crippen LogP contribution in [0.1, 0.15) is 5.56 Å². The molecule has 0 aliphatic heterocycles. The molecular formula is C54H22BF20N. The zero-order chi connectivity index (χ0) is 55.0. The lowest BCUT2D eigenvalue weighted by atomic mass is 9.12. The Morgan fingerprint density at radius 2 is 0.553 bits per heavy atom. The average Bonchev–Trinajstić information content (AvgIpc) is 3.58. The molecule has 0 bridgehead atoms. The number of rotatable bonds is 7. The molecule has 0 spiro atoms. The fraction of sp³-hybridized carbons (Fsp3) is 0.0185. The molecule has 0 amide bonds. The van der Waals surface area contributed by atoms with E-state index >= 15 is 35.1 Å². The number of halogens is 20. The summed E-state index contributed by atoms with van der Waals surface area (Å²) < 4.78 is 296. The number of nitrogens with zero attached hydrogens (tertiary/aromatic N) is 1. The summed E-state index contributed by atoms with van der Waals surface area (Å²) in [6, 6.07) is 41.5. The van der Waals surface area contributed by atoms with Crippen molar-refractivity contribution in [3.63, 3.8) is 0 Å². The number of fused-ring (bicyclic) bond motifs is 3. The number of benzene rings is 9. The molecule has 22 heteroatoms. The van der Waals surface area contributed by atoms with E-state index in [9.17, 15) is 52.7 Å². The highest BCUT2D eigenvalue weighted by Gasteiger charge is 2.52. The lowest BCUT2D eigenvalue weighted by Gasteiger charge is -2.44. The molecule has 0 saturated carbocycles. The van der Waals surface area contributed by atoms with Crippen LogP contribution in [-0.4, -0.2) is 6.15 Å². The number of aromatic nitrogens is 1. The first kappa shape index (κ1) is 52.4. The van der Waals surface area contributed by atoms with Crippen LogP contribution in [0.5, 0.6) is 0 Å². The van der Waals surface area contributed by atoms with Gasteiger partial charge in [0.2, 0.25) is 5.69 Å². The van der Waals surface area contributed by atoms with Crippen molar-refractivity contribution in [1.29, 1.82) is 0 Å².